The van der Waals surface area contributed by atoms with E-state index in [0.717, 1.165) is 33.1 Å². The first-order valence-electron chi connectivity index (χ1n) is 15.2. The summed E-state index contributed by atoms with van der Waals surface area (Å²) in [6, 6.07) is 61.5. The Morgan fingerprint density at radius 3 is 1.70 bits per heavy atom. The van der Waals surface area contributed by atoms with Crippen LogP contribution in [0.2, 0.25) is 0 Å². The summed E-state index contributed by atoms with van der Waals surface area (Å²) in [7, 11) is 0. The van der Waals surface area contributed by atoms with E-state index in [9.17, 15) is 0 Å². The van der Waals surface area contributed by atoms with Gasteiger partial charge in [-0.05, 0) is 62.2 Å². The Labute approximate surface area is 256 Å². The largest absolute Gasteiger partial charge is 0.455 e. The van der Waals surface area contributed by atoms with Gasteiger partial charge in [0.2, 0.25) is 0 Å². The molecule has 0 fully saturated rings. The van der Waals surface area contributed by atoms with Crippen LogP contribution in [0.15, 0.2) is 174 Å². The van der Waals surface area contributed by atoms with Gasteiger partial charge in [-0.15, -0.1) is 0 Å². The molecule has 8 aromatic rings. The predicted molar refractivity (Wildman–Crippen MR) is 182 cm³/mol. The fourth-order valence-corrected chi connectivity index (χ4v) is 7.47. The lowest BCUT2D eigenvalue weighted by Crippen LogP contribution is -2.28. The van der Waals surface area contributed by atoms with Crippen LogP contribution < -0.4 is 0 Å². The summed E-state index contributed by atoms with van der Waals surface area (Å²) >= 11 is 0. The Kier molecular flexibility index (Phi) is 5.48. The lowest BCUT2D eigenvalue weighted by atomic mass is 9.67. The molecule has 0 N–H and O–H groups in total. The third-order valence-corrected chi connectivity index (χ3v) is 9.39. The zero-order valence-electron chi connectivity index (χ0n) is 24.1. The predicted octanol–water partition coefficient (Wildman–Crippen LogP) is 11.3. The standard InChI is InChI=1S/C43H28O/c1-2-14-32(15-3-1)43(39-21-7-4-16-35(39)36-17-5-8-22-40(36)43)33-26-24-29(25-27-33)30-12-10-13-31(28-30)34-19-11-20-38-37-18-6-9-23-41(37)44-42(34)38/h1-28H. The number of furan rings is 1. The number of hydrogen-bond acceptors (Lipinski definition) is 1. The molecule has 0 saturated heterocycles. The molecule has 1 heteroatoms. The van der Waals surface area contributed by atoms with Crippen LogP contribution in [-0.2, 0) is 5.41 Å². The lowest BCUT2D eigenvalue weighted by Gasteiger charge is -2.34. The summed E-state index contributed by atoms with van der Waals surface area (Å²) in [5.74, 6) is 0. The topological polar surface area (TPSA) is 13.1 Å². The van der Waals surface area contributed by atoms with Crippen LogP contribution in [0, 0.1) is 0 Å². The van der Waals surface area contributed by atoms with Crippen LogP contribution in [-0.4, -0.2) is 0 Å². The number of hydrogen-bond donors (Lipinski definition) is 0. The smallest absolute Gasteiger partial charge is 0.143 e. The van der Waals surface area contributed by atoms with Gasteiger partial charge in [0.15, 0.2) is 0 Å². The van der Waals surface area contributed by atoms with Gasteiger partial charge in [0.1, 0.15) is 11.2 Å². The molecule has 9 rings (SSSR count). The summed E-state index contributed by atoms with van der Waals surface area (Å²) in [6.45, 7) is 0. The molecule has 1 aliphatic carbocycles. The molecule has 0 amide bonds. The van der Waals surface area contributed by atoms with Gasteiger partial charge >= 0.3 is 0 Å². The number of rotatable bonds is 4. The second-order valence-electron chi connectivity index (χ2n) is 11.6. The van der Waals surface area contributed by atoms with Crippen molar-refractivity contribution in [1.29, 1.82) is 0 Å². The Morgan fingerprint density at radius 2 is 0.932 bits per heavy atom. The first-order valence-corrected chi connectivity index (χ1v) is 15.2. The van der Waals surface area contributed by atoms with Gasteiger partial charge in [-0.2, -0.15) is 0 Å². The maximum atomic E-state index is 6.37. The molecule has 1 aromatic heterocycles. The number of para-hydroxylation sites is 2. The Hall–Kier alpha value is -5.66. The molecule has 206 valence electrons. The van der Waals surface area contributed by atoms with Crippen molar-refractivity contribution in [2.45, 2.75) is 5.41 Å². The van der Waals surface area contributed by atoms with Crippen LogP contribution >= 0.6 is 0 Å². The van der Waals surface area contributed by atoms with E-state index in [4.69, 9.17) is 4.42 Å². The second-order valence-corrected chi connectivity index (χ2v) is 11.6. The molecule has 1 aliphatic rings. The van der Waals surface area contributed by atoms with Crippen LogP contribution in [0.1, 0.15) is 22.3 Å². The van der Waals surface area contributed by atoms with Gasteiger partial charge in [0.05, 0.1) is 5.41 Å². The zero-order valence-corrected chi connectivity index (χ0v) is 24.1. The maximum Gasteiger partial charge on any atom is 0.143 e. The quantitative estimate of drug-likeness (QED) is 0.209. The summed E-state index contributed by atoms with van der Waals surface area (Å²) < 4.78 is 6.37. The molecular weight excluding hydrogens is 532 g/mol. The minimum atomic E-state index is -0.383. The molecule has 0 bridgehead atoms. The zero-order chi connectivity index (χ0) is 29.1. The minimum absolute atomic E-state index is 0.383. The van der Waals surface area contributed by atoms with Gasteiger partial charge in [-0.1, -0.05) is 158 Å². The Balaban J connectivity index is 1.18. The first kappa shape index (κ1) is 24.9. The van der Waals surface area contributed by atoms with Crippen molar-refractivity contribution >= 4 is 21.9 Å². The van der Waals surface area contributed by atoms with Crippen molar-refractivity contribution in [3.8, 4) is 33.4 Å². The van der Waals surface area contributed by atoms with E-state index < -0.39 is 0 Å². The van der Waals surface area contributed by atoms with E-state index in [1.807, 2.05) is 12.1 Å². The number of fused-ring (bicyclic) bond motifs is 6. The molecule has 1 nitrogen and oxygen atoms in total. The average Bonchev–Trinajstić information content (AvgIpc) is 3.63. The lowest BCUT2D eigenvalue weighted by molar-refractivity contribution is 0.670. The van der Waals surface area contributed by atoms with E-state index in [1.165, 1.54) is 44.5 Å². The Morgan fingerprint density at radius 1 is 0.364 bits per heavy atom. The van der Waals surface area contributed by atoms with Gasteiger partial charge in [-0.25, -0.2) is 0 Å². The maximum absolute atomic E-state index is 6.37. The van der Waals surface area contributed by atoms with Gasteiger partial charge < -0.3 is 4.42 Å². The SMILES string of the molecule is c1ccc(C2(c3ccc(-c4cccc(-c5cccc6c5oc5ccccc56)c4)cc3)c3ccccc3-c3ccccc32)cc1. The molecule has 44 heavy (non-hydrogen) atoms. The summed E-state index contributed by atoms with van der Waals surface area (Å²) in [6.07, 6.45) is 0. The molecule has 0 atom stereocenters. The van der Waals surface area contributed by atoms with Gasteiger partial charge in [0.25, 0.3) is 0 Å². The van der Waals surface area contributed by atoms with E-state index in [1.54, 1.807) is 0 Å². The highest BCUT2D eigenvalue weighted by Crippen LogP contribution is 2.56. The fourth-order valence-electron chi connectivity index (χ4n) is 7.47. The van der Waals surface area contributed by atoms with E-state index in [-0.39, 0.29) is 5.41 Å². The Bertz CT molecular complexity index is 2280. The first-order chi connectivity index (χ1) is 21.8. The highest BCUT2D eigenvalue weighted by Gasteiger charge is 2.45. The third kappa shape index (κ3) is 3.53. The molecule has 0 unspecified atom stereocenters. The molecule has 0 aliphatic heterocycles. The van der Waals surface area contributed by atoms with E-state index >= 15 is 0 Å². The van der Waals surface area contributed by atoms with Crippen molar-refractivity contribution in [3.63, 3.8) is 0 Å². The average molecular weight is 561 g/mol. The molecule has 7 aromatic carbocycles. The molecular formula is C43H28O. The van der Waals surface area contributed by atoms with Crippen LogP contribution in [0.4, 0.5) is 0 Å². The molecule has 0 spiro atoms. The molecule has 1 heterocycles. The summed E-state index contributed by atoms with van der Waals surface area (Å²) in [5, 5.41) is 2.30. The normalized spacial score (nSPS) is 13.2. The molecule has 0 saturated carbocycles. The van der Waals surface area contributed by atoms with Crippen molar-refractivity contribution in [2.24, 2.45) is 0 Å². The summed E-state index contributed by atoms with van der Waals surface area (Å²) in [4.78, 5) is 0. The number of benzene rings is 7. The third-order valence-electron chi connectivity index (χ3n) is 9.39. The van der Waals surface area contributed by atoms with Crippen LogP contribution in [0.3, 0.4) is 0 Å². The van der Waals surface area contributed by atoms with Crippen molar-refractivity contribution < 1.29 is 4.42 Å². The van der Waals surface area contributed by atoms with Crippen LogP contribution in [0.5, 0.6) is 0 Å². The van der Waals surface area contributed by atoms with Crippen molar-refractivity contribution in [1.82, 2.24) is 0 Å². The highest BCUT2D eigenvalue weighted by molar-refractivity contribution is 6.09. The van der Waals surface area contributed by atoms with E-state index in [0.29, 0.717) is 0 Å². The van der Waals surface area contributed by atoms with Crippen molar-refractivity contribution in [3.05, 3.63) is 192 Å². The minimum Gasteiger partial charge on any atom is -0.455 e. The van der Waals surface area contributed by atoms with Crippen LogP contribution in [0.25, 0.3) is 55.3 Å². The molecule has 0 radical (unpaired) electrons. The van der Waals surface area contributed by atoms with E-state index in [2.05, 4.69) is 158 Å². The monoisotopic (exact) mass is 560 g/mol. The fraction of sp³-hybridized carbons (Fsp3) is 0.0233. The van der Waals surface area contributed by atoms with Gasteiger partial charge in [-0.3, -0.25) is 0 Å². The highest BCUT2D eigenvalue weighted by atomic mass is 16.3. The van der Waals surface area contributed by atoms with Gasteiger partial charge in [0, 0.05) is 16.3 Å². The second kappa shape index (κ2) is 9.69. The van der Waals surface area contributed by atoms with Crippen molar-refractivity contribution in [2.75, 3.05) is 0 Å². The summed E-state index contributed by atoms with van der Waals surface area (Å²) in [5.41, 5.74) is 13.9.